The Balaban J connectivity index is 0.000000240. The summed E-state index contributed by atoms with van der Waals surface area (Å²) in [6.07, 6.45) is 1.05. The van der Waals surface area contributed by atoms with Crippen molar-refractivity contribution in [1.82, 2.24) is 0 Å². The number of hydrogen-bond acceptors (Lipinski definition) is 3. The van der Waals surface area contributed by atoms with Gasteiger partial charge in [-0.3, -0.25) is 0 Å². The van der Waals surface area contributed by atoms with Gasteiger partial charge in [-0.25, -0.2) is 0 Å². The van der Waals surface area contributed by atoms with Gasteiger partial charge in [-0.05, 0) is 12.5 Å². The van der Waals surface area contributed by atoms with E-state index in [-0.39, 0.29) is 0 Å². The largest absolute Gasteiger partial charge is 0.301 e. The highest BCUT2D eigenvalue weighted by molar-refractivity contribution is 6.09. The fourth-order valence-corrected chi connectivity index (χ4v) is 1.55. The van der Waals surface area contributed by atoms with Crippen molar-refractivity contribution >= 4 is 18.9 Å². The lowest BCUT2D eigenvalue weighted by molar-refractivity contribution is -0.127. The maximum Gasteiger partial charge on any atom is 0.161 e. The molecule has 3 nitrogen and oxygen atoms in total. The van der Waals surface area contributed by atoms with Gasteiger partial charge in [-0.2, -0.15) is 0 Å². The third kappa shape index (κ3) is 3.99. The minimum atomic E-state index is -1.62. The molecule has 0 saturated carbocycles. The minimum absolute atomic E-state index is 0.350. The third-order valence-corrected chi connectivity index (χ3v) is 2.80. The topological polar surface area (TPSA) is 51.2 Å². The summed E-state index contributed by atoms with van der Waals surface area (Å²) in [5.74, 6) is 0. The van der Waals surface area contributed by atoms with E-state index in [1.165, 1.54) is 5.56 Å². The molecule has 0 fully saturated rings. The summed E-state index contributed by atoms with van der Waals surface area (Å²) in [5, 5.41) is 0. The molecule has 0 heterocycles. The van der Waals surface area contributed by atoms with Crippen LogP contribution in [0, 0.1) is 6.92 Å². The summed E-state index contributed by atoms with van der Waals surface area (Å²) in [5.41, 5.74) is 0.0962. The predicted molar refractivity (Wildman–Crippen MR) is 77.5 cm³/mol. The Morgan fingerprint density at radius 3 is 1.40 bits per heavy atom. The van der Waals surface area contributed by atoms with Crippen LogP contribution in [-0.2, 0) is 19.8 Å². The zero-order valence-electron chi connectivity index (χ0n) is 11.2. The molecule has 2 aromatic carbocycles. The van der Waals surface area contributed by atoms with Crippen molar-refractivity contribution in [3.05, 3.63) is 71.8 Å². The molecule has 0 aliphatic carbocycles. The first kappa shape index (κ1) is 15.5. The van der Waals surface area contributed by atoms with Gasteiger partial charge in [-0.1, -0.05) is 66.2 Å². The Hall–Kier alpha value is -2.55. The first-order valence-electron chi connectivity index (χ1n) is 6.14. The molecular formula is C17H16O3. The maximum atomic E-state index is 10.6. The van der Waals surface area contributed by atoms with Gasteiger partial charge >= 0.3 is 0 Å². The Morgan fingerprint density at radius 1 is 0.700 bits per heavy atom. The van der Waals surface area contributed by atoms with Crippen molar-refractivity contribution < 1.29 is 14.4 Å². The number of carbonyl (C=O) groups excluding carboxylic acids is 3. The minimum Gasteiger partial charge on any atom is -0.301 e. The molecule has 0 spiro atoms. The lowest BCUT2D eigenvalue weighted by Gasteiger charge is -2.13. The zero-order valence-corrected chi connectivity index (χ0v) is 11.2. The third-order valence-electron chi connectivity index (χ3n) is 2.80. The highest BCUT2D eigenvalue weighted by Crippen LogP contribution is 2.16. The molecule has 0 N–H and O–H groups in total. The molecule has 0 aromatic heterocycles. The molecule has 0 atom stereocenters. The molecule has 0 bridgehead atoms. The molecule has 3 heteroatoms. The van der Waals surface area contributed by atoms with E-state index in [4.69, 9.17) is 0 Å². The summed E-state index contributed by atoms with van der Waals surface area (Å²) in [6.45, 7) is 2.08. The normalized spacial score (nSPS) is 9.85. The number of benzene rings is 2. The summed E-state index contributed by atoms with van der Waals surface area (Å²) in [7, 11) is 0. The first-order valence-corrected chi connectivity index (χ1v) is 6.14. The zero-order chi connectivity index (χ0) is 14.8. The van der Waals surface area contributed by atoms with E-state index in [1.54, 1.807) is 30.3 Å². The van der Waals surface area contributed by atoms with Gasteiger partial charge in [-0.15, -0.1) is 0 Å². The summed E-state index contributed by atoms with van der Waals surface area (Å²) in [4.78, 5) is 31.9. The Labute approximate surface area is 118 Å². The van der Waals surface area contributed by atoms with E-state index in [1.807, 2.05) is 18.2 Å². The quantitative estimate of drug-likeness (QED) is 0.632. The Morgan fingerprint density at radius 2 is 1.10 bits per heavy atom. The molecule has 102 valence electrons. The van der Waals surface area contributed by atoms with Gasteiger partial charge in [0.1, 0.15) is 18.9 Å². The molecule has 0 radical (unpaired) electrons. The number of aldehydes is 3. The van der Waals surface area contributed by atoms with Gasteiger partial charge < -0.3 is 14.4 Å². The van der Waals surface area contributed by atoms with E-state index in [9.17, 15) is 14.4 Å². The van der Waals surface area contributed by atoms with Gasteiger partial charge in [0.05, 0.1) is 0 Å². The SMILES string of the molecule is Cc1ccccc1.O=CC(C=O)(C=O)c1ccccc1. The molecule has 0 aliphatic heterocycles. The van der Waals surface area contributed by atoms with E-state index in [0.29, 0.717) is 24.4 Å². The molecule has 0 amide bonds. The van der Waals surface area contributed by atoms with Crippen molar-refractivity contribution in [2.75, 3.05) is 0 Å². The van der Waals surface area contributed by atoms with Gasteiger partial charge in [0, 0.05) is 0 Å². The van der Waals surface area contributed by atoms with Gasteiger partial charge in [0.15, 0.2) is 5.41 Å². The Kier molecular flexibility index (Phi) is 6.04. The molecule has 2 rings (SSSR count). The van der Waals surface area contributed by atoms with Crippen molar-refractivity contribution in [1.29, 1.82) is 0 Å². The number of rotatable bonds is 4. The van der Waals surface area contributed by atoms with Crippen LogP contribution in [0.1, 0.15) is 11.1 Å². The van der Waals surface area contributed by atoms with Crippen molar-refractivity contribution in [2.24, 2.45) is 0 Å². The van der Waals surface area contributed by atoms with Crippen LogP contribution in [0.2, 0.25) is 0 Å². The van der Waals surface area contributed by atoms with Crippen LogP contribution in [0.15, 0.2) is 60.7 Å². The molecule has 2 aromatic rings. The van der Waals surface area contributed by atoms with Crippen LogP contribution >= 0.6 is 0 Å². The van der Waals surface area contributed by atoms with Crippen LogP contribution in [0.4, 0.5) is 0 Å². The van der Waals surface area contributed by atoms with Crippen molar-refractivity contribution in [3.63, 3.8) is 0 Å². The smallest absolute Gasteiger partial charge is 0.161 e. The lowest BCUT2D eigenvalue weighted by atomic mass is 9.85. The van der Waals surface area contributed by atoms with E-state index >= 15 is 0 Å². The van der Waals surface area contributed by atoms with Gasteiger partial charge in [0.25, 0.3) is 0 Å². The maximum absolute atomic E-state index is 10.6. The fraction of sp³-hybridized carbons (Fsp3) is 0.118. The van der Waals surface area contributed by atoms with Crippen LogP contribution in [0.5, 0.6) is 0 Å². The van der Waals surface area contributed by atoms with Crippen LogP contribution in [-0.4, -0.2) is 18.9 Å². The second-order valence-corrected chi connectivity index (χ2v) is 4.31. The molecular weight excluding hydrogens is 252 g/mol. The molecule has 0 unspecified atom stereocenters. The van der Waals surface area contributed by atoms with Crippen molar-refractivity contribution in [3.8, 4) is 0 Å². The average molecular weight is 268 g/mol. The number of carbonyl (C=O) groups is 3. The van der Waals surface area contributed by atoms with E-state index in [2.05, 4.69) is 19.1 Å². The molecule has 20 heavy (non-hydrogen) atoms. The average Bonchev–Trinajstić information content (AvgIpc) is 2.52. The first-order chi connectivity index (χ1) is 9.68. The van der Waals surface area contributed by atoms with Crippen molar-refractivity contribution in [2.45, 2.75) is 12.3 Å². The number of aryl methyl sites for hydroxylation is 1. The highest BCUT2D eigenvalue weighted by atomic mass is 16.2. The fourth-order valence-electron chi connectivity index (χ4n) is 1.55. The Bertz CT molecular complexity index is 525. The lowest BCUT2D eigenvalue weighted by Crippen LogP contribution is -2.31. The second kappa shape index (κ2) is 7.79. The van der Waals surface area contributed by atoms with E-state index in [0.717, 1.165) is 0 Å². The predicted octanol–water partition coefficient (Wildman–Crippen LogP) is 2.52. The summed E-state index contributed by atoms with van der Waals surface area (Å²) in [6, 6.07) is 18.5. The molecule has 0 aliphatic rings. The van der Waals surface area contributed by atoms with Gasteiger partial charge in [0.2, 0.25) is 0 Å². The highest BCUT2D eigenvalue weighted by Gasteiger charge is 2.30. The summed E-state index contributed by atoms with van der Waals surface area (Å²) < 4.78 is 0. The van der Waals surface area contributed by atoms with Crippen LogP contribution in [0.3, 0.4) is 0 Å². The van der Waals surface area contributed by atoms with Crippen LogP contribution < -0.4 is 0 Å². The van der Waals surface area contributed by atoms with Crippen LogP contribution in [0.25, 0.3) is 0 Å². The standard InChI is InChI=1S/C10H8O3.C7H8/c11-6-10(7-12,8-13)9-4-2-1-3-5-9;1-7-5-3-2-4-6-7/h1-8H;2-6H,1H3. The number of hydrogen-bond donors (Lipinski definition) is 0. The van der Waals surface area contributed by atoms with E-state index < -0.39 is 5.41 Å². The monoisotopic (exact) mass is 268 g/mol. The second-order valence-electron chi connectivity index (χ2n) is 4.31. The molecule has 0 saturated heterocycles. The summed E-state index contributed by atoms with van der Waals surface area (Å²) >= 11 is 0.